The second kappa shape index (κ2) is 52.9. The van der Waals surface area contributed by atoms with Crippen LogP contribution in [0.15, 0.2) is 60.8 Å². The Morgan fingerprint density at radius 3 is 1.19 bits per heavy atom. The van der Waals surface area contributed by atoms with E-state index in [4.69, 9.17) is 14.2 Å². The quantitative estimate of drug-likeness (QED) is 0.0346. The molecule has 5 heteroatoms. The Bertz CT molecular complexity index is 1070. The van der Waals surface area contributed by atoms with E-state index in [2.05, 4.69) is 81.5 Å². The van der Waals surface area contributed by atoms with Crippen LogP contribution in [0.3, 0.4) is 0 Å². The second-order valence-corrected chi connectivity index (χ2v) is 17.7. The zero-order chi connectivity index (χ0) is 44.9. The third kappa shape index (κ3) is 50.2. The average molecular weight is 867 g/mol. The highest BCUT2D eigenvalue weighted by atomic mass is 16.6. The molecule has 0 heterocycles. The summed E-state index contributed by atoms with van der Waals surface area (Å²) in [7, 11) is 0. The van der Waals surface area contributed by atoms with E-state index in [0.29, 0.717) is 19.4 Å². The van der Waals surface area contributed by atoms with Crippen molar-refractivity contribution >= 4 is 11.9 Å². The minimum Gasteiger partial charge on any atom is -0.462 e. The number of carbonyl (C=O) groups excluding carboxylic acids is 2. The van der Waals surface area contributed by atoms with Gasteiger partial charge in [-0.1, -0.05) is 210 Å². The minimum absolute atomic E-state index is 0.0720. The van der Waals surface area contributed by atoms with Crippen LogP contribution in [0.25, 0.3) is 0 Å². The number of carbonyl (C=O) groups is 2. The highest BCUT2D eigenvalue weighted by molar-refractivity contribution is 5.70. The van der Waals surface area contributed by atoms with Crippen molar-refractivity contribution in [3.8, 4) is 0 Å². The molecule has 0 saturated heterocycles. The number of allylic oxidation sites excluding steroid dienone is 10. The predicted octanol–water partition coefficient (Wildman–Crippen LogP) is 18.1. The molecule has 360 valence electrons. The van der Waals surface area contributed by atoms with Crippen LogP contribution in [0.1, 0.15) is 265 Å². The van der Waals surface area contributed by atoms with Gasteiger partial charge in [-0.05, 0) is 103 Å². The fourth-order valence-electron chi connectivity index (χ4n) is 7.51. The lowest BCUT2D eigenvalue weighted by Gasteiger charge is -2.18. The number of rotatable bonds is 49. The van der Waals surface area contributed by atoms with E-state index in [1.54, 1.807) is 0 Å². The normalized spacial score (nSPS) is 12.6. The summed E-state index contributed by atoms with van der Waals surface area (Å²) in [6.07, 6.45) is 66.6. The van der Waals surface area contributed by atoms with Crippen molar-refractivity contribution in [2.24, 2.45) is 0 Å². The van der Waals surface area contributed by atoms with Crippen molar-refractivity contribution in [2.45, 2.75) is 271 Å². The maximum Gasteiger partial charge on any atom is 0.306 e. The summed E-state index contributed by atoms with van der Waals surface area (Å²) < 4.78 is 17.4. The molecule has 0 aliphatic carbocycles. The molecule has 1 atom stereocenters. The second-order valence-electron chi connectivity index (χ2n) is 17.7. The van der Waals surface area contributed by atoms with E-state index in [0.717, 1.165) is 77.0 Å². The topological polar surface area (TPSA) is 61.8 Å². The van der Waals surface area contributed by atoms with Gasteiger partial charge in [0.1, 0.15) is 6.61 Å². The first kappa shape index (κ1) is 59.6. The van der Waals surface area contributed by atoms with Crippen molar-refractivity contribution in [3.63, 3.8) is 0 Å². The predicted molar refractivity (Wildman–Crippen MR) is 270 cm³/mol. The van der Waals surface area contributed by atoms with Crippen LogP contribution in [0.4, 0.5) is 0 Å². The van der Waals surface area contributed by atoms with Crippen molar-refractivity contribution < 1.29 is 23.8 Å². The van der Waals surface area contributed by atoms with E-state index in [1.165, 1.54) is 154 Å². The van der Waals surface area contributed by atoms with Crippen LogP contribution in [-0.4, -0.2) is 37.9 Å². The molecule has 0 aromatic rings. The summed E-state index contributed by atoms with van der Waals surface area (Å²) in [4.78, 5) is 25.4. The highest BCUT2D eigenvalue weighted by Crippen LogP contribution is 2.14. The molecule has 0 aliphatic heterocycles. The fourth-order valence-corrected chi connectivity index (χ4v) is 7.51. The molecule has 5 nitrogen and oxygen atoms in total. The van der Waals surface area contributed by atoms with Crippen molar-refractivity contribution in [1.29, 1.82) is 0 Å². The van der Waals surface area contributed by atoms with Crippen LogP contribution in [-0.2, 0) is 23.8 Å². The maximum atomic E-state index is 12.8. The zero-order valence-corrected chi connectivity index (χ0v) is 41.4. The van der Waals surface area contributed by atoms with Crippen LogP contribution >= 0.6 is 0 Å². The molecule has 0 bridgehead atoms. The Kier molecular flexibility index (Phi) is 50.9. The molecule has 0 rings (SSSR count). The van der Waals surface area contributed by atoms with Crippen LogP contribution in [0.2, 0.25) is 0 Å². The third-order valence-corrected chi connectivity index (χ3v) is 11.5. The summed E-state index contributed by atoms with van der Waals surface area (Å²) >= 11 is 0. The Hall–Kier alpha value is -2.40. The molecule has 0 aliphatic rings. The Labute approximate surface area is 385 Å². The molecule has 0 saturated carbocycles. The number of hydrogen-bond acceptors (Lipinski definition) is 5. The van der Waals surface area contributed by atoms with Crippen molar-refractivity contribution in [1.82, 2.24) is 0 Å². The van der Waals surface area contributed by atoms with E-state index in [1.807, 2.05) is 0 Å². The number of ether oxygens (including phenoxy) is 3. The SMILES string of the molecule is CC/C=C\C/C=C\C/C=C\CCCCCCOCC(COC(=O)CCCCCCCCCCC/C=C\CCCCCCCC)OC(=O)CCCCCCC/C=C\CCCCCC. The van der Waals surface area contributed by atoms with E-state index in [9.17, 15) is 9.59 Å². The maximum absolute atomic E-state index is 12.8. The Morgan fingerprint density at radius 1 is 0.371 bits per heavy atom. The third-order valence-electron chi connectivity index (χ3n) is 11.5. The van der Waals surface area contributed by atoms with E-state index in [-0.39, 0.29) is 25.2 Å². The first-order valence-corrected chi connectivity index (χ1v) is 26.8. The van der Waals surface area contributed by atoms with Crippen LogP contribution in [0, 0.1) is 0 Å². The van der Waals surface area contributed by atoms with Crippen molar-refractivity contribution in [3.05, 3.63) is 60.8 Å². The Balaban J connectivity index is 4.26. The molecule has 62 heavy (non-hydrogen) atoms. The minimum atomic E-state index is -0.553. The molecule has 0 spiro atoms. The van der Waals surface area contributed by atoms with Gasteiger partial charge in [0.05, 0.1) is 6.61 Å². The molecular weight excluding hydrogens is 765 g/mol. The number of hydrogen-bond donors (Lipinski definition) is 0. The van der Waals surface area contributed by atoms with Crippen molar-refractivity contribution in [2.75, 3.05) is 19.8 Å². The van der Waals surface area contributed by atoms with Gasteiger partial charge in [-0.3, -0.25) is 9.59 Å². The van der Waals surface area contributed by atoms with Gasteiger partial charge in [0.15, 0.2) is 6.10 Å². The van der Waals surface area contributed by atoms with E-state index >= 15 is 0 Å². The molecule has 0 aromatic carbocycles. The van der Waals surface area contributed by atoms with Crippen LogP contribution in [0.5, 0.6) is 0 Å². The standard InChI is InChI=1S/C57H102O5/c1-4-7-10-13-16-19-22-25-27-28-29-30-31-33-35-38-41-44-47-50-56(58)61-54-55(53-60-52-49-46-43-40-37-34-26-23-20-17-14-11-8-5-2)62-57(59)51-48-45-42-39-36-32-24-21-18-15-12-9-6-3/h8,11,17,20-21,24-27,34,55H,4-7,9-10,12-16,18-19,22-23,28-33,35-54H2,1-3H3/b11-8-,20-17-,24-21-,27-25-,34-26-. The van der Waals surface area contributed by atoms with E-state index < -0.39 is 6.10 Å². The fraction of sp³-hybridized carbons (Fsp3) is 0.789. The summed E-state index contributed by atoms with van der Waals surface area (Å²) in [5.41, 5.74) is 0. The molecule has 1 unspecified atom stereocenters. The lowest BCUT2D eigenvalue weighted by atomic mass is 10.1. The van der Waals surface area contributed by atoms with Gasteiger partial charge in [-0.2, -0.15) is 0 Å². The number of esters is 2. The molecule has 0 aromatic heterocycles. The zero-order valence-electron chi connectivity index (χ0n) is 41.4. The monoisotopic (exact) mass is 867 g/mol. The van der Waals surface area contributed by atoms with Gasteiger partial charge in [0.25, 0.3) is 0 Å². The molecule has 0 amide bonds. The van der Waals surface area contributed by atoms with Gasteiger partial charge in [0.2, 0.25) is 0 Å². The summed E-state index contributed by atoms with van der Waals surface area (Å²) in [6.45, 7) is 7.66. The highest BCUT2D eigenvalue weighted by Gasteiger charge is 2.17. The molecular formula is C57H102O5. The lowest BCUT2D eigenvalue weighted by molar-refractivity contribution is -0.163. The smallest absolute Gasteiger partial charge is 0.306 e. The summed E-state index contributed by atoms with van der Waals surface area (Å²) in [6, 6.07) is 0. The van der Waals surface area contributed by atoms with Gasteiger partial charge >= 0.3 is 11.9 Å². The van der Waals surface area contributed by atoms with Gasteiger partial charge in [0, 0.05) is 19.4 Å². The number of unbranched alkanes of at least 4 members (excludes halogenated alkanes) is 28. The first-order chi connectivity index (χ1) is 30.6. The molecule has 0 N–H and O–H groups in total. The van der Waals surface area contributed by atoms with Gasteiger partial charge in [-0.25, -0.2) is 0 Å². The molecule has 0 fully saturated rings. The molecule has 0 radical (unpaired) electrons. The summed E-state index contributed by atoms with van der Waals surface area (Å²) in [5, 5.41) is 0. The Morgan fingerprint density at radius 2 is 0.726 bits per heavy atom. The first-order valence-electron chi connectivity index (χ1n) is 26.8. The van der Waals surface area contributed by atoms with Gasteiger partial charge in [-0.15, -0.1) is 0 Å². The largest absolute Gasteiger partial charge is 0.462 e. The summed E-state index contributed by atoms with van der Waals surface area (Å²) in [5.74, 6) is -0.416. The van der Waals surface area contributed by atoms with Crippen LogP contribution < -0.4 is 0 Å². The van der Waals surface area contributed by atoms with Gasteiger partial charge < -0.3 is 14.2 Å². The lowest BCUT2D eigenvalue weighted by Crippen LogP contribution is -2.30. The average Bonchev–Trinajstić information content (AvgIpc) is 3.27.